The van der Waals surface area contributed by atoms with Crippen molar-refractivity contribution >= 4 is 70.0 Å². The van der Waals surface area contributed by atoms with Gasteiger partial charge in [-0.05, 0) is 87.4 Å². The molecule has 12 heteroatoms. The second-order valence-electron chi connectivity index (χ2n) is 8.06. The molecular weight excluding hydrogens is 501 g/mol. The van der Waals surface area contributed by atoms with Crippen LogP contribution in [0.3, 0.4) is 0 Å². The van der Waals surface area contributed by atoms with Gasteiger partial charge < -0.3 is 31.6 Å². The molecule has 6 N–H and O–H groups in total. The average Bonchev–Trinajstić information content (AvgIpc) is 3.52. The van der Waals surface area contributed by atoms with E-state index in [9.17, 15) is 4.79 Å². The molecule has 0 aliphatic heterocycles. The Bertz CT molecular complexity index is 1080. The molecule has 1 heterocycles. The van der Waals surface area contributed by atoms with Crippen molar-refractivity contribution in [3.8, 4) is 11.5 Å². The van der Waals surface area contributed by atoms with Crippen LogP contribution in [0.25, 0.3) is 0 Å². The maximum atomic E-state index is 10.9. The molecule has 0 unspecified atom stereocenters. The number of nitrogens with one attached hydrogen (secondary N) is 2. The van der Waals surface area contributed by atoms with Gasteiger partial charge in [-0.15, -0.1) is 5.10 Å². The van der Waals surface area contributed by atoms with Gasteiger partial charge in [-0.2, -0.15) is 0 Å². The summed E-state index contributed by atoms with van der Waals surface area (Å²) in [6.45, 7) is 5.24. The van der Waals surface area contributed by atoms with Gasteiger partial charge in [-0.25, -0.2) is 4.68 Å². The fraction of sp³-hybridized carbons (Fsp3) is 0.360. The number of hydrogen-bond acceptors (Lipinski definition) is 7. The van der Waals surface area contributed by atoms with Crippen LogP contribution in [0.2, 0.25) is 0 Å². The van der Waals surface area contributed by atoms with Gasteiger partial charge in [-0.3, -0.25) is 4.79 Å². The summed E-state index contributed by atoms with van der Waals surface area (Å²) in [6, 6.07) is 15.6. The van der Waals surface area contributed by atoms with Crippen LogP contribution < -0.4 is 31.6 Å². The number of carbonyl (C=O) groups excluding carboxylic acids is 1. The fourth-order valence-electron chi connectivity index (χ4n) is 3.79. The molecule has 10 nitrogen and oxygen atoms in total. The monoisotopic (exact) mass is 535 g/mol. The first kappa shape index (κ1) is 30.4. The van der Waals surface area contributed by atoms with E-state index >= 15 is 0 Å². The van der Waals surface area contributed by atoms with Crippen molar-refractivity contribution in [2.75, 3.05) is 29.6 Å². The first-order valence-corrected chi connectivity index (χ1v) is 12.4. The second-order valence-corrected chi connectivity index (χ2v) is 8.47. The molecule has 2 aromatic carbocycles. The van der Waals surface area contributed by atoms with E-state index in [0.29, 0.717) is 24.1 Å². The van der Waals surface area contributed by atoms with Crippen molar-refractivity contribution in [1.82, 2.24) is 15.0 Å². The first-order valence-electron chi connectivity index (χ1n) is 12.0. The number of nitrogens with zero attached hydrogens (tertiary/aromatic N) is 3. The van der Waals surface area contributed by atoms with Crippen LogP contribution in [0.1, 0.15) is 56.1 Å². The zero-order valence-electron chi connectivity index (χ0n) is 20.6. The van der Waals surface area contributed by atoms with E-state index in [-0.39, 0.29) is 41.3 Å². The van der Waals surface area contributed by atoms with E-state index in [1.165, 1.54) is 12.8 Å². The van der Waals surface area contributed by atoms with Crippen LogP contribution in [-0.2, 0) is 0 Å². The average molecular weight is 536 g/mol. The number of primary amides is 1. The van der Waals surface area contributed by atoms with Gasteiger partial charge in [0.2, 0.25) is 0 Å². The molecule has 1 saturated carbocycles. The number of amides is 1. The molecule has 1 aliphatic rings. The molecule has 0 saturated heterocycles. The molecule has 0 atom stereocenters. The van der Waals surface area contributed by atoms with Crippen molar-refractivity contribution in [3.05, 3.63) is 54.2 Å². The molecule has 4 rings (SSSR count). The molecule has 1 fully saturated rings. The summed E-state index contributed by atoms with van der Waals surface area (Å²) in [7, 11) is 0. The van der Waals surface area contributed by atoms with E-state index in [0.717, 1.165) is 35.7 Å². The Kier molecular flexibility index (Phi) is 12.6. The number of carbonyl (C=O) groups is 1. The second kappa shape index (κ2) is 15.4. The van der Waals surface area contributed by atoms with Crippen LogP contribution in [0.15, 0.2) is 48.5 Å². The normalized spacial score (nSPS) is 12.5. The van der Waals surface area contributed by atoms with Gasteiger partial charge in [0.1, 0.15) is 11.5 Å². The van der Waals surface area contributed by atoms with Crippen LogP contribution in [-0.4, -0.2) is 68.8 Å². The van der Waals surface area contributed by atoms with Crippen molar-refractivity contribution < 1.29 is 14.3 Å². The third-order valence-electron chi connectivity index (χ3n) is 5.48. The van der Waals surface area contributed by atoms with Crippen molar-refractivity contribution in [1.29, 1.82) is 0 Å². The zero-order valence-corrected chi connectivity index (χ0v) is 21.4. The molecule has 1 amide bonds. The fourth-order valence-corrected chi connectivity index (χ4v) is 4.03. The predicted molar refractivity (Wildman–Crippen MR) is 153 cm³/mol. The minimum absolute atomic E-state index is 0. The van der Waals surface area contributed by atoms with Crippen LogP contribution >= 0.6 is 12.2 Å². The van der Waals surface area contributed by atoms with E-state index in [1.807, 2.05) is 62.4 Å². The molecule has 0 radical (unpaired) electrons. The summed E-state index contributed by atoms with van der Waals surface area (Å²) in [5.74, 6) is 1.37. The Morgan fingerprint density at radius 2 is 1.43 bits per heavy atom. The third-order valence-corrected chi connectivity index (χ3v) is 5.68. The summed E-state index contributed by atoms with van der Waals surface area (Å²) in [6.07, 6.45) is 4.45. The Morgan fingerprint density at radius 1 is 0.973 bits per heavy atom. The van der Waals surface area contributed by atoms with E-state index in [2.05, 4.69) is 20.9 Å². The van der Waals surface area contributed by atoms with Gasteiger partial charge in [0, 0.05) is 11.4 Å². The number of rotatable bonds is 8. The number of nitrogen functional groups attached to an aromatic ring is 1. The molecule has 1 aromatic heterocycles. The minimum atomic E-state index is -0.619. The van der Waals surface area contributed by atoms with Crippen molar-refractivity contribution in [2.45, 2.75) is 45.6 Å². The number of benzene rings is 2. The molecule has 1 aliphatic carbocycles. The number of hydrogen-bond donors (Lipinski definition) is 4. The van der Waals surface area contributed by atoms with Crippen LogP contribution in [0.5, 0.6) is 11.5 Å². The third kappa shape index (κ3) is 9.19. The maximum absolute atomic E-state index is 10.9. The summed E-state index contributed by atoms with van der Waals surface area (Å²) in [5.41, 5.74) is 12.7. The Balaban J connectivity index is 0.000000277. The quantitative estimate of drug-likeness (QED) is 0.251. The topological polar surface area (TPSA) is 142 Å². The Labute approximate surface area is 244 Å². The van der Waals surface area contributed by atoms with Gasteiger partial charge in [0.05, 0.1) is 19.3 Å². The molecule has 37 heavy (non-hydrogen) atoms. The predicted octanol–water partition coefficient (Wildman–Crippen LogP) is 3.72. The Morgan fingerprint density at radius 3 is 1.81 bits per heavy atom. The molecule has 3 aromatic rings. The number of anilines is 3. The summed E-state index contributed by atoms with van der Waals surface area (Å²) in [4.78, 5) is 10.9. The summed E-state index contributed by atoms with van der Waals surface area (Å²) >= 11 is 5.30. The number of ether oxygens (including phenoxy) is 2. The number of nitrogens with two attached hydrogens (primary N) is 2. The van der Waals surface area contributed by atoms with Crippen LogP contribution in [0, 0.1) is 0 Å². The molecular formula is C25H34N7NaO3S. The van der Waals surface area contributed by atoms with Crippen LogP contribution in [0.4, 0.5) is 17.2 Å². The van der Waals surface area contributed by atoms with Gasteiger partial charge >= 0.3 is 29.6 Å². The zero-order chi connectivity index (χ0) is 25.9. The molecule has 194 valence electrons. The van der Waals surface area contributed by atoms with Gasteiger partial charge in [0.25, 0.3) is 5.91 Å². The van der Waals surface area contributed by atoms with E-state index in [4.69, 9.17) is 33.2 Å². The standard InChI is InChI=1S/C17H20N2O2S.C8H13N5O.Na.H/c1-3-20-15-9-5-13(6-10-15)18-17(22)19-14-7-11-16(12-8-14)21-4-2;9-7-6(8(10)14)11-12-13(7)5-3-1-2-4-5;;/h5-12H,3-4H2,1-2H3,(H2,18,19,22);5H,1-4,9H2,(H2,10,14);;. The van der Waals surface area contributed by atoms with Crippen molar-refractivity contribution in [2.24, 2.45) is 5.73 Å². The van der Waals surface area contributed by atoms with Gasteiger partial charge in [0.15, 0.2) is 16.6 Å². The SMILES string of the molecule is CCOc1ccc(NC(=S)Nc2ccc(OCC)cc2)cc1.NC(=O)c1nnn(C2CCCC2)c1N.[NaH]. The number of aromatic nitrogens is 3. The Hall–Kier alpha value is -2.86. The number of thiocarbonyl (C=S) groups is 1. The van der Waals surface area contributed by atoms with E-state index in [1.54, 1.807) is 4.68 Å². The van der Waals surface area contributed by atoms with Gasteiger partial charge in [-0.1, -0.05) is 18.1 Å². The first-order chi connectivity index (χ1) is 17.4. The van der Waals surface area contributed by atoms with Crippen molar-refractivity contribution in [3.63, 3.8) is 0 Å². The summed E-state index contributed by atoms with van der Waals surface area (Å²) < 4.78 is 12.4. The van der Waals surface area contributed by atoms with E-state index < -0.39 is 5.91 Å². The molecule has 0 spiro atoms. The molecule has 0 bridgehead atoms. The summed E-state index contributed by atoms with van der Waals surface area (Å²) in [5, 5.41) is 14.3.